The molecule has 24 heavy (non-hydrogen) atoms. The molecule has 0 aliphatic heterocycles. The topological polar surface area (TPSA) is 111 Å². The fraction of sp³-hybridized carbons (Fsp3) is 0.188. The molecular weight excluding hydrogens is 312 g/mol. The number of nitrogens with zero attached hydrogens (tertiary/aromatic N) is 3. The summed E-state index contributed by atoms with van der Waals surface area (Å²) in [6.45, 7) is 3.31. The first-order chi connectivity index (χ1) is 11.5. The largest absolute Gasteiger partial charge is 0.361 e. The normalized spacial score (nSPS) is 10.6. The smallest absolute Gasteiger partial charge is 0.251 e. The van der Waals surface area contributed by atoms with E-state index < -0.39 is 0 Å². The van der Waals surface area contributed by atoms with E-state index in [1.54, 1.807) is 37.3 Å². The number of benzene rings is 1. The number of ketones is 1. The maximum atomic E-state index is 12.1. The van der Waals surface area contributed by atoms with Gasteiger partial charge in [0.15, 0.2) is 11.5 Å². The molecule has 2 heterocycles. The number of aromatic nitrogens is 3. The third-order valence-corrected chi connectivity index (χ3v) is 3.28. The van der Waals surface area contributed by atoms with Gasteiger partial charge in [0.25, 0.3) is 5.91 Å². The quantitative estimate of drug-likeness (QED) is 0.715. The van der Waals surface area contributed by atoms with Crippen LogP contribution in [-0.2, 0) is 6.54 Å². The summed E-state index contributed by atoms with van der Waals surface area (Å²) in [6, 6.07) is 8.07. The van der Waals surface area contributed by atoms with Crippen LogP contribution in [0.15, 0.2) is 39.4 Å². The molecule has 0 saturated heterocycles. The Morgan fingerprint density at radius 1 is 1.08 bits per heavy atom. The van der Waals surface area contributed by atoms with Crippen molar-refractivity contribution in [2.45, 2.75) is 20.4 Å². The first-order valence-electron chi connectivity index (χ1n) is 7.18. The van der Waals surface area contributed by atoms with Gasteiger partial charge in [0.05, 0.1) is 6.54 Å². The molecule has 0 fully saturated rings. The molecule has 0 unspecified atom stereocenters. The predicted molar refractivity (Wildman–Crippen MR) is 82.1 cm³/mol. The van der Waals surface area contributed by atoms with Gasteiger partial charge in [-0.15, -0.1) is 0 Å². The maximum absolute atomic E-state index is 12.1. The lowest BCUT2D eigenvalue weighted by Gasteiger charge is -2.03. The zero-order valence-electron chi connectivity index (χ0n) is 13.1. The molecule has 0 radical (unpaired) electrons. The number of carbonyl (C=O) groups excluding carboxylic acids is 2. The lowest BCUT2D eigenvalue weighted by atomic mass is 10.1. The van der Waals surface area contributed by atoms with Crippen LogP contribution in [0.1, 0.15) is 39.3 Å². The van der Waals surface area contributed by atoms with E-state index in [1.807, 2.05) is 0 Å². The predicted octanol–water partition coefficient (Wildman–Crippen LogP) is 2.17. The Labute approximate surface area is 136 Å². The molecule has 1 amide bonds. The summed E-state index contributed by atoms with van der Waals surface area (Å²) in [5.41, 5.74) is 1.46. The highest BCUT2D eigenvalue weighted by Crippen LogP contribution is 2.15. The third kappa shape index (κ3) is 3.37. The first-order valence-corrected chi connectivity index (χ1v) is 7.18. The van der Waals surface area contributed by atoms with Gasteiger partial charge in [0.1, 0.15) is 5.76 Å². The zero-order chi connectivity index (χ0) is 17.1. The van der Waals surface area contributed by atoms with E-state index in [1.165, 1.54) is 6.92 Å². The standard InChI is InChI=1S/C16H14N4O4/c1-9-7-13(19-23-9)15-18-14(24-20-15)8-17-16(22)12-5-3-11(4-6-12)10(2)21/h3-7H,8H2,1-2H3,(H,17,22). The Morgan fingerprint density at radius 2 is 1.79 bits per heavy atom. The third-order valence-electron chi connectivity index (χ3n) is 3.28. The van der Waals surface area contributed by atoms with Crippen molar-refractivity contribution >= 4 is 11.7 Å². The van der Waals surface area contributed by atoms with Gasteiger partial charge < -0.3 is 14.4 Å². The summed E-state index contributed by atoms with van der Waals surface area (Å²) >= 11 is 0. The highest BCUT2D eigenvalue weighted by atomic mass is 16.5. The van der Waals surface area contributed by atoms with Crippen LogP contribution in [0.4, 0.5) is 0 Å². The number of hydrogen-bond acceptors (Lipinski definition) is 7. The summed E-state index contributed by atoms with van der Waals surface area (Å²) < 4.78 is 10.0. The van der Waals surface area contributed by atoms with Crippen LogP contribution in [0, 0.1) is 6.92 Å². The number of carbonyl (C=O) groups is 2. The number of hydrogen-bond donors (Lipinski definition) is 1. The summed E-state index contributed by atoms with van der Waals surface area (Å²) in [5, 5.41) is 10.2. The van der Waals surface area contributed by atoms with Crippen molar-refractivity contribution in [2.75, 3.05) is 0 Å². The van der Waals surface area contributed by atoms with E-state index in [9.17, 15) is 9.59 Å². The van der Waals surface area contributed by atoms with Crippen molar-refractivity contribution in [3.05, 3.63) is 53.1 Å². The van der Waals surface area contributed by atoms with Crippen LogP contribution in [0.25, 0.3) is 11.5 Å². The van der Waals surface area contributed by atoms with Crippen LogP contribution < -0.4 is 5.32 Å². The molecule has 0 bridgehead atoms. The zero-order valence-corrected chi connectivity index (χ0v) is 13.1. The molecule has 0 saturated carbocycles. The Kier molecular flexibility index (Phi) is 4.19. The second-order valence-electron chi connectivity index (χ2n) is 5.15. The second-order valence-corrected chi connectivity index (χ2v) is 5.15. The molecule has 1 aromatic carbocycles. The lowest BCUT2D eigenvalue weighted by Crippen LogP contribution is -2.23. The van der Waals surface area contributed by atoms with Crippen molar-refractivity contribution in [1.29, 1.82) is 0 Å². The van der Waals surface area contributed by atoms with E-state index >= 15 is 0 Å². The number of aryl methyl sites for hydroxylation is 1. The Morgan fingerprint density at radius 3 is 2.42 bits per heavy atom. The van der Waals surface area contributed by atoms with Gasteiger partial charge in [-0.25, -0.2) is 0 Å². The van der Waals surface area contributed by atoms with Gasteiger partial charge in [0, 0.05) is 17.2 Å². The number of amides is 1. The molecule has 0 aliphatic rings. The minimum Gasteiger partial charge on any atom is -0.361 e. The van der Waals surface area contributed by atoms with Crippen molar-refractivity contribution in [3.63, 3.8) is 0 Å². The molecule has 0 spiro atoms. The average Bonchev–Trinajstić information content (AvgIpc) is 3.21. The summed E-state index contributed by atoms with van der Waals surface area (Å²) in [4.78, 5) is 27.4. The van der Waals surface area contributed by atoms with Gasteiger partial charge in [-0.1, -0.05) is 22.4 Å². The van der Waals surface area contributed by atoms with Crippen LogP contribution in [-0.4, -0.2) is 27.0 Å². The molecule has 1 N–H and O–H groups in total. The molecule has 0 aliphatic carbocycles. The Balaban J connectivity index is 1.62. The van der Waals surface area contributed by atoms with Crippen molar-refractivity contribution in [3.8, 4) is 11.5 Å². The SMILES string of the molecule is CC(=O)c1ccc(C(=O)NCc2nc(-c3cc(C)on3)no2)cc1. The van der Waals surface area contributed by atoms with Crippen molar-refractivity contribution < 1.29 is 18.6 Å². The van der Waals surface area contributed by atoms with Crippen LogP contribution in [0.2, 0.25) is 0 Å². The number of nitrogens with one attached hydrogen (secondary N) is 1. The lowest BCUT2D eigenvalue weighted by molar-refractivity contribution is 0.0944. The van der Waals surface area contributed by atoms with Crippen LogP contribution >= 0.6 is 0 Å². The Hall–Kier alpha value is -3.29. The minimum atomic E-state index is -0.304. The second kappa shape index (κ2) is 6.45. The van der Waals surface area contributed by atoms with E-state index in [0.29, 0.717) is 28.4 Å². The van der Waals surface area contributed by atoms with E-state index in [0.717, 1.165) is 0 Å². The molecule has 3 aromatic rings. The summed E-state index contributed by atoms with van der Waals surface area (Å²) in [5.74, 6) is 0.825. The molecule has 8 nitrogen and oxygen atoms in total. The highest BCUT2D eigenvalue weighted by molar-refractivity contribution is 5.97. The summed E-state index contributed by atoms with van der Waals surface area (Å²) in [7, 11) is 0. The van der Waals surface area contributed by atoms with Gasteiger partial charge in [-0.2, -0.15) is 4.98 Å². The molecule has 122 valence electrons. The highest BCUT2D eigenvalue weighted by Gasteiger charge is 2.13. The van der Waals surface area contributed by atoms with Gasteiger partial charge >= 0.3 is 0 Å². The monoisotopic (exact) mass is 326 g/mol. The minimum absolute atomic E-state index is 0.0524. The fourth-order valence-corrected chi connectivity index (χ4v) is 2.02. The number of Topliss-reactive ketones (excluding diaryl/α,β-unsaturated/α-hetero) is 1. The Bertz CT molecular complexity index is 880. The fourth-order valence-electron chi connectivity index (χ4n) is 2.02. The van der Waals surface area contributed by atoms with Crippen molar-refractivity contribution in [2.24, 2.45) is 0 Å². The van der Waals surface area contributed by atoms with E-state index in [4.69, 9.17) is 9.05 Å². The average molecular weight is 326 g/mol. The van der Waals surface area contributed by atoms with Gasteiger partial charge in [-0.05, 0) is 26.0 Å². The van der Waals surface area contributed by atoms with Crippen LogP contribution in [0.3, 0.4) is 0 Å². The van der Waals surface area contributed by atoms with Crippen molar-refractivity contribution in [1.82, 2.24) is 20.6 Å². The van der Waals surface area contributed by atoms with E-state index in [-0.39, 0.29) is 24.1 Å². The van der Waals surface area contributed by atoms with Gasteiger partial charge in [0.2, 0.25) is 11.7 Å². The maximum Gasteiger partial charge on any atom is 0.251 e. The van der Waals surface area contributed by atoms with E-state index in [2.05, 4.69) is 20.6 Å². The first kappa shape index (κ1) is 15.6. The van der Waals surface area contributed by atoms with Crippen LogP contribution in [0.5, 0.6) is 0 Å². The summed E-state index contributed by atoms with van der Waals surface area (Å²) in [6.07, 6.45) is 0. The molecule has 2 aromatic heterocycles. The number of rotatable bonds is 5. The molecule has 0 atom stereocenters. The molecule has 8 heteroatoms. The molecule has 3 rings (SSSR count). The van der Waals surface area contributed by atoms with Gasteiger partial charge in [-0.3, -0.25) is 9.59 Å². The molecular formula is C16H14N4O4.